The Morgan fingerprint density at radius 2 is 2.00 bits per heavy atom. The summed E-state index contributed by atoms with van der Waals surface area (Å²) in [6.45, 7) is 7.17. The summed E-state index contributed by atoms with van der Waals surface area (Å²) >= 11 is 1.62. The second-order valence-corrected chi connectivity index (χ2v) is 8.32. The lowest BCUT2D eigenvalue weighted by molar-refractivity contribution is -0.120. The summed E-state index contributed by atoms with van der Waals surface area (Å²) in [6, 6.07) is 6.18. The van der Waals surface area contributed by atoms with Crippen molar-refractivity contribution in [1.29, 1.82) is 0 Å². The number of nitrogens with one attached hydrogen (secondary N) is 2. The van der Waals surface area contributed by atoms with Gasteiger partial charge in [0.1, 0.15) is 11.6 Å². The Morgan fingerprint density at radius 1 is 1.23 bits per heavy atom. The van der Waals surface area contributed by atoms with Crippen molar-refractivity contribution in [2.75, 3.05) is 17.6 Å². The normalized spacial score (nSPS) is 11.2. The van der Waals surface area contributed by atoms with E-state index in [4.69, 9.17) is 0 Å². The Morgan fingerprint density at radius 3 is 2.70 bits per heavy atom. The molecule has 0 spiro atoms. The maximum absolute atomic E-state index is 13.0. The van der Waals surface area contributed by atoms with Crippen LogP contribution in [0.5, 0.6) is 0 Å². The number of hydrogen-bond acceptors (Lipinski definition) is 6. The zero-order chi connectivity index (χ0) is 21.5. The van der Waals surface area contributed by atoms with Gasteiger partial charge in [0.15, 0.2) is 10.8 Å². The summed E-state index contributed by atoms with van der Waals surface area (Å²) in [5.41, 5.74) is 1.52. The highest BCUT2D eigenvalue weighted by Crippen LogP contribution is 2.25. The molecule has 1 aromatic carbocycles. The van der Waals surface area contributed by atoms with Crippen molar-refractivity contribution >= 4 is 34.5 Å². The molecule has 3 rings (SSSR count). The van der Waals surface area contributed by atoms with Gasteiger partial charge in [-0.3, -0.25) is 4.79 Å². The first kappa shape index (κ1) is 22.0. The molecule has 2 heterocycles. The van der Waals surface area contributed by atoms with Gasteiger partial charge in [-0.25, -0.2) is 19.0 Å². The van der Waals surface area contributed by atoms with Crippen LogP contribution in [0.25, 0.3) is 11.0 Å². The molecular weight excluding hydrogens is 403 g/mol. The maximum atomic E-state index is 13.0. The molecule has 0 aliphatic carbocycles. The molecular formula is C21H27FN6OS. The lowest BCUT2D eigenvalue weighted by atomic mass is 10.1. The van der Waals surface area contributed by atoms with Crippen LogP contribution in [0, 0.1) is 5.82 Å². The maximum Gasteiger partial charge on any atom is 0.224 e. The Hall–Kier alpha value is -2.68. The van der Waals surface area contributed by atoms with E-state index in [1.54, 1.807) is 34.8 Å². The number of carbonyl (C=O) groups excluding carboxylic acids is 1. The number of hydrogen-bond donors (Lipinski definition) is 2. The van der Waals surface area contributed by atoms with E-state index in [9.17, 15) is 9.18 Å². The van der Waals surface area contributed by atoms with Gasteiger partial charge in [-0.1, -0.05) is 30.8 Å². The fraction of sp³-hybridized carbons (Fsp3) is 0.429. The van der Waals surface area contributed by atoms with Crippen LogP contribution in [-0.2, 0) is 17.8 Å². The van der Waals surface area contributed by atoms with Crippen LogP contribution >= 0.6 is 11.8 Å². The molecule has 7 nitrogen and oxygen atoms in total. The van der Waals surface area contributed by atoms with Crippen molar-refractivity contribution < 1.29 is 9.18 Å². The Balaban J connectivity index is 1.67. The smallest absolute Gasteiger partial charge is 0.224 e. The summed E-state index contributed by atoms with van der Waals surface area (Å²) in [7, 11) is 0. The quantitative estimate of drug-likeness (QED) is 0.377. The Bertz CT molecular complexity index is 989. The van der Waals surface area contributed by atoms with Crippen LogP contribution in [0.2, 0.25) is 0 Å². The van der Waals surface area contributed by atoms with Gasteiger partial charge in [-0.2, -0.15) is 5.10 Å². The summed E-state index contributed by atoms with van der Waals surface area (Å²) < 4.78 is 14.8. The Kier molecular flexibility index (Phi) is 7.62. The minimum atomic E-state index is -0.311. The molecule has 0 atom stereocenters. The van der Waals surface area contributed by atoms with Crippen molar-refractivity contribution in [3.8, 4) is 0 Å². The number of rotatable bonds is 10. The average molecular weight is 431 g/mol. The standard InChI is InChI=1S/C21H27FN6OS/c1-4-11-30-21-26-19(25-14(2)3)17-13-24-28(20(17)27-21)10-9-23-18(29)12-15-5-7-16(22)8-6-15/h5-8,13-14H,4,9-12H2,1-3H3,(H,23,29)(H,25,26,27). The van der Waals surface area contributed by atoms with Crippen molar-refractivity contribution in [1.82, 2.24) is 25.1 Å². The minimum absolute atomic E-state index is 0.117. The average Bonchev–Trinajstić information content (AvgIpc) is 3.11. The lowest BCUT2D eigenvalue weighted by Crippen LogP contribution is -2.28. The predicted octanol–water partition coefficient (Wildman–Crippen LogP) is 3.65. The van der Waals surface area contributed by atoms with Gasteiger partial charge < -0.3 is 10.6 Å². The van der Waals surface area contributed by atoms with Gasteiger partial charge in [0.25, 0.3) is 0 Å². The van der Waals surface area contributed by atoms with Gasteiger partial charge in [0.2, 0.25) is 5.91 Å². The summed E-state index contributed by atoms with van der Waals surface area (Å²) in [5, 5.41) is 12.3. The van der Waals surface area contributed by atoms with Gasteiger partial charge in [0.05, 0.1) is 24.5 Å². The number of aromatic nitrogens is 4. The molecule has 2 aromatic heterocycles. The molecule has 0 aliphatic heterocycles. The second kappa shape index (κ2) is 10.4. The van der Waals surface area contributed by atoms with E-state index in [0.717, 1.165) is 39.7 Å². The minimum Gasteiger partial charge on any atom is -0.367 e. The topological polar surface area (TPSA) is 84.7 Å². The molecule has 1 amide bonds. The van der Waals surface area contributed by atoms with Crippen LogP contribution in [0.1, 0.15) is 32.8 Å². The van der Waals surface area contributed by atoms with Crippen molar-refractivity contribution in [2.24, 2.45) is 0 Å². The first-order valence-corrected chi connectivity index (χ1v) is 11.1. The van der Waals surface area contributed by atoms with E-state index >= 15 is 0 Å². The molecule has 2 N–H and O–H groups in total. The van der Waals surface area contributed by atoms with E-state index < -0.39 is 0 Å². The van der Waals surface area contributed by atoms with Crippen LogP contribution in [-0.4, -0.2) is 44.0 Å². The third-order valence-electron chi connectivity index (χ3n) is 4.26. The van der Waals surface area contributed by atoms with Gasteiger partial charge in [-0.15, -0.1) is 0 Å². The molecule has 0 radical (unpaired) electrons. The van der Waals surface area contributed by atoms with E-state index in [2.05, 4.69) is 46.5 Å². The first-order valence-electron chi connectivity index (χ1n) is 10.1. The highest BCUT2D eigenvalue weighted by atomic mass is 32.2. The number of nitrogens with zero attached hydrogens (tertiary/aromatic N) is 4. The molecule has 3 aromatic rings. The van der Waals surface area contributed by atoms with Crippen LogP contribution < -0.4 is 10.6 Å². The van der Waals surface area contributed by atoms with Crippen molar-refractivity contribution in [3.05, 3.63) is 41.8 Å². The number of fused-ring (bicyclic) bond motifs is 1. The molecule has 0 saturated heterocycles. The number of amides is 1. The van der Waals surface area contributed by atoms with Crippen molar-refractivity contribution in [2.45, 2.75) is 51.4 Å². The van der Waals surface area contributed by atoms with Crippen LogP contribution in [0.3, 0.4) is 0 Å². The first-order chi connectivity index (χ1) is 14.5. The summed E-state index contributed by atoms with van der Waals surface area (Å²) in [6.07, 6.45) is 3.01. The second-order valence-electron chi connectivity index (χ2n) is 7.26. The van der Waals surface area contributed by atoms with E-state index in [0.29, 0.717) is 13.1 Å². The molecule has 0 bridgehead atoms. The molecule has 0 saturated carbocycles. The number of anilines is 1. The molecule has 0 unspecified atom stereocenters. The Labute approximate surface area is 179 Å². The fourth-order valence-corrected chi connectivity index (χ4v) is 3.59. The molecule has 0 aliphatic rings. The zero-order valence-corrected chi connectivity index (χ0v) is 18.3. The molecule has 160 valence electrons. The van der Waals surface area contributed by atoms with Gasteiger partial charge in [0, 0.05) is 18.3 Å². The molecule has 30 heavy (non-hydrogen) atoms. The van der Waals surface area contributed by atoms with E-state index in [1.807, 2.05) is 0 Å². The van der Waals surface area contributed by atoms with Crippen LogP contribution in [0.4, 0.5) is 10.2 Å². The van der Waals surface area contributed by atoms with Crippen LogP contribution in [0.15, 0.2) is 35.6 Å². The third kappa shape index (κ3) is 5.91. The molecule has 0 fully saturated rings. The summed E-state index contributed by atoms with van der Waals surface area (Å²) in [4.78, 5) is 21.5. The highest BCUT2D eigenvalue weighted by Gasteiger charge is 2.14. The van der Waals surface area contributed by atoms with Crippen molar-refractivity contribution in [3.63, 3.8) is 0 Å². The third-order valence-corrected chi connectivity index (χ3v) is 5.31. The summed E-state index contributed by atoms with van der Waals surface area (Å²) in [5.74, 6) is 1.30. The van der Waals surface area contributed by atoms with E-state index in [-0.39, 0.29) is 24.2 Å². The number of thioether (sulfide) groups is 1. The van der Waals surface area contributed by atoms with E-state index in [1.165, 1.54) is 12.1 Å². The predicted molar refractivity (Wildman–Crippen MR) is 118 cm³/mol. The number of carbonyl (C=O) groups is 1. The molecule has 9 heteroatoms. The number of halogens is 1. The number of benzene rings is 1. The van der Waals surface area contributed by atoms with Gasteiger partial charge >= 0.3 is 0 Å². The zero-order valence-electron chi connectivity index (χ0n) is 17.5. The lowest BCUT2D eigenvalue weighted by Gasteiger charge is -2.12. The highest BCUT2D eigenvalue weighted by molar-refractivity contribution is 7.99. The monoisotopic (exact) mass is 430 g/mol. The fourth-order valence-electron chi connectivity index (χ4n) is 2.89. The largest absolute Gasteiger partial charge is 0.367 e. The van der Waals surface area contributed by atoms with Gasteiger partial charge in [-0.05, 0) is 38.0 Å². The SMILES string of the molecule is CCCSc1nc(NC(C)C)c2cnn(CCNC(=O)Cc3ccc(F)cc3)c2n1.